The molecule has 7 nitrogen and oxygen atoms in total. The zero-order valence-corrected chi connectivity index (χ0v) is 20.4. The van der Waals surface area contributed by atoms with E-state index in [9.17, 15) is 4.79 Å². The predicted octanol–water partition coefficient (Wildman–Crippen LogP) is 4.78. The second-order valence-electron chi connectivity index (χ2n) is 10.4. The summed E-state index contributed by atoms with van der Waals surface area (Å²) in [7, 11) is 0. The summed E-state index contributed by atoms with van der Waals surface area (Å²) in [6.45, 7) is 11.9. The highest BCUT2D eigenvalue weighted by atomic mass is 16.6. The average molecular weight is 453 g/mol. The molecular formula is C26H36N4O3. The van der Waals surface area contributed by atoms with Crippen molar-refractivity contribution in [3.8, 4) is 0 Å². The lowest BCUT2D eigenvalue weighted by Gasteiger charge is -2.38. The van der Waals surface area contributed by atoms with Crippen molar-refractivity contribution >= 4 is 11.9 Å². The SMILES string of the molecule is C[C@@H]1CN(c2cccc([C@H]3C[C@H](c4ccnc(CNC(=O)OC(C)(C)C)c4)C3)n2)C[C@H](C)O1. The van der Waals surface area contributed by atoms with Crippen molar-refractivity contribution in [3.05, 3.63) is 53.5 Å². The van der Waals surface area contributed by atoms with E-state index >= 15 is 0 Å². The summed E-state index contributed by atoms with van der Waals surface area (Å²) < 4.78 is 11.2. The Morgan fingerprint density at radius 1 is 1.15 bits per heavy atom. The van der Waals surface area contributed by atoms with Crippen molar-refractivity contribution in [1.29, 1.82) is 0 Å². The summed E-state index contributed by atoms with van der Waals surface area (Å²) in [6.07, 6.45) is 4.00. The van der Waals surface area contributed by atoms with Gasteiger partial charge in [0.25, 0.3) is 0 Å². The van der Waals surface area contributed by atoms with Crippen LogP contribution in [0.5, 0.6) is 0 Å². The van der Waals surface area contributed by atoms with E-state index in [0.717, 1.165) is 37.4 Å². The van der Waals surface area contributed by atoms with Crippen molar-refractivity contribution in [3.63, 3.8) is 0 Å². The maximum absolute atomic E-state index is 11.9. The van der Waals surface area contributed by atoms with E-state index in [1.165, 1.54) is 11.3 Å². The first kappa shape index (κ1) is 23.5. The Bertz CT molecular complexity index is 958. The number of amides is 1. The van der Waals surface area contributed by atoms with Gasteiger partial charge in [-0.05, 0) is 83.2 Å². The molecule has 2 atom stereocenters. The largest absolute Gasteiger partial charge is 0.444 e. The van der Waals surface area contributed by atoms with Crippen LogP contribution >= 0.6 is 0 Å². The molecule has 1 saturated carbocycles. The number of carbonyl (C=O) groups is 1. The molecular weight excluding hydrogens is 416 g/mol. The van der Waals surface area contributed by atoms with Crippen LogP contribution in [0.3, 0.4) is 0 Å². The molecule has 178 valence electrons. The molecule has 0 spiro atoms. The molecule has 2 fully saturated rings. The number of alkyl carbamates (subject to hydrolysis) is 1. The number of hydrogen-bond acceptors (Lipinski definition) is 6. The molecule has 1 amide bonds. The molecule has 0 radical (unpaired) electrons. The average Bonchev–Trinajstić information content (AvgIpc) is 2.70. The molecule has 3 heterocycles. The number of carbonyl (C=O) groups excluding carboxylic acids is 1. The number of anilines is 1. The number of pyridine rings is 2. The zero-order valence-electron chi connectivity index (χ0n) is 20.4. The number of rotatable bonds is 5. The Kier molecular flexibility index (Phi) is 6.88. The standard InChI is InChI=1S/C26H36N4O3/c1-17-15-30(16-18(2)32-17)24-8-6-7-23(29-24)21-11-20(12-21)19-9-10-27-22(13-19)14-28-25(31)33-26(3,4)5/h6-10,13,17-18,20-21H,11-12,14-16H2,1-5H3,(H,28,31)/t17-,18+,20-,21-. The molecule has 0 aromatic carbocycles. The van der Waals surface area contributed by atoms with Gasteiger partial charge in [0.1, 0.15) is 11.4 Å². The van der Waals surface area contributed by atoms with E-state index in [1.54, 1.807) is 0 Å². The third-order valence-electron chi connectivity index (χ3n) is 6.18. The van der Waals surface area contributed by atoms with Crippen molar-refractivity contribution in [2.24, 2.45) is 0 Å². The van der Waals surface area contributed by atoms with Gasteiger partial charge in [-0.2, -0.15) is 0 Å². The minimum Gasteiger partial charge on any atom is -0.444 e. The topological polar surface area (TPSA) is 76.6 Å². The molecule has 1 saturated heterocycles. The van der Waals surface area contributed by atoms with Crippen LogP contribution in [-0.2, 0) is 16.0 Å². The van der Waals surface area contributed by atoms with Gasteiger partial charge in [0.15, 0.2) is 0 Å². The third kappa shape index (κ3) is 6.22. The van der Waals surface area contributed by atoms with Crippen molar-refractivity contribution in [2.75, 3.05) is 18.0 Å². The normalized spacial score (nSPS) is 25.3. The summed E-state index contributed by atoms with van der Waals surface area (Å²) in [6, 6.07) is 10.6. The van der Waals surface area contributed by atoms with Gasteiger partial charge in [0.05, 0.1) is 24.4 Å². The molecule has 7 heteroatoms. The Morgan fingerprint density at radius 2 is 1.88 bits per heavy atom. The second kappa shape index (κ2) is 9.67. The smallest absolute Gasteiger partial charge is 0.407 e. The van der Waals surface area contributed by atoms with Gasteiger partial charge < -0.3 is 19.7 Å². The Hall–Kier alpha value is -2.67. The molecule has 0 bridgehead atoms. The number of morpholine rings is 1. The zero-order chi connectivity index (χ0) is 23.6. The summed E-state index contributed by atoms with van der Waals surface area (Å²) in [5.41, 5.74) is 2.78. The third-order valence-corrected chi connectivity index (χ3v) is 6.18. The highest BCUT2D eigenvalue weighted by Crippen LogP contribution is 2.47. The van der Waals surface area contributed by atoms with Gasteiger partial charge in [-0.15, -0.1) is 0 Å². The fourth-order valence-corrected chi connectivity index (χ4v) is 4.66. The van der Waals surface area contributed by atoms with Gasteiger partial charge >= 0.3 is 6.09 Å². The molecule has 1 N–H and O–H groups in total. The van der Waals surface area contributed by atoms with Crippen molar-refractivity contribution in [1.82, 2.24) is 15.3 Å². The summed E-state index contributed by atoms with van der Waals surface area (Å²) in [5.74, 6) is 2.02. The van der Waals surface area contributed by atoms with Crippen LogP contribution in [0.15, 0.2) is 36.5 Å². The molecule has 2 aliphatic rings. The first-order valence-corrected chi connectivity index (χ1v) is 12.0. The van der Waals surface area contributed by atoms with Crippen LogP contribution in [-0.4, -0.2) is 47.0 Å². The molecule has 4 rings (SSSR count). The number of nitrogens with zero attached hydrogens (tertiary/aromatic N) is 3. The maximum Gasteiger partial charge on any atom is 0.407 e. The number of hydrogen-bond donors (Lipinski definition) is 1. The summed E-state index contributed by atoms with van der Waals surface area (Å²) in [4.78, 5) is 23.7. The predicted molar refractivity (Wildman–Crippen MR) is 128 cm³/mol. The van der Waals surface area contributed by atoms with Crippen LogP contribution in [0.25, 0.3) is 0 Å². The minimum atomic E-state index is -0.510. The van der Waals surface area contributed by atoms with Crippen LogP contribution in [0.4, 0.5) is 10.6 Å². The molecule has 2 aromatic rings. The first-order valence-electron chi connectivity index (χ1n) is 12.0. The van der Waals surface area contributed by atoms with Gasteiger partial charge in [-0.1, -0.05) is 6.07 Å². The maximum atomic E-state index is 11.9. The van der Waals surface area contributed by atoms with E-state index in [0.29, 0.717) is 18.4 Å². The van der Waals surface area contributed by atoms with E-state index in [4.69, 9.17) is 14.5 Å². The van der Waals surface area contributed by atoms with Crippen molar-refractivity contribution in [2.45, 2.75) is 83.6 Å². The van der Waals surface area contributed by atoms with Crippen LogP contribution in [0.1, 0.15) is 76.2 Å². The van der Waals surface area contributed by atoms with E-state index < -0.39 is 11.7 Å². The van der Waals surface area contributed by atoms with Crippen LogP contribution in [0, 0.1) is 0 Å². The second-order valence-corrected chi connectivity index (χ2v) is 10.4. The first-order chi connectivity index (χ1) is 15.7. The lowest BCUT2D eigenvalue weighted by atomic mass is 9.70. The Balaban J connectivity index is 1.33. The monoisotopic (exact) mass is 452 g/mol. The minimum absolute atomic E-state index is 0.220. The lowest BCUT2D eigenvalue weighted by Crippen LogP contribution is -2.45. The quantitative estimate of drug-likeness (QED) is 0.704. The molecule has 2 aromatic heterocycles. The number of aromatic nitrogens is 2. The summed E-state index contributed by atoms with van der Waals surface area (Å²) in [5, 5.41) is 2.79. The number of nitrogens with one attached hydrogen (secondary N) is 1. The van der Waals surface area contributed by atoms with Gasteiger partial charge in [0.2, 0.25) is 0 Å². The molecule has 1 aliphatic heterocycles. The molecule has 33 heavy (non-hydrogen) atoms. The lowest BCUT2D eigenvalue weighted by molar-refractivity contribution is -0.00548. The highest BCUT2D eigenvalue weighted by Gasteiger charge is 2.33. The Labute approximate surface area is 196 Å². The fraction of sp³-hybridized carbons (Fsp3) is 0.577. The molecule has 0 unspecified atom stereocenters. The van der Waals surface area contributed by atoms with Crippen molar-refractivity contribution < 1.29 is 14.3 Å². The highest BCUT2D eigenvalue weighted by molar-refractivity contribution is 5.67. The van der Waals surface area contributed by atoms with E-state index in [-0.39, 0.29) is 12.2 Å². The molecule has 1 aliphatic carbocycles. The summed E-state index contributed by atoms with van der Waals surface area (Å²) >= 11 is 0. The number of ether oxygens (including phenoxy) is 2. The van der Waals surface area contributed by atoms with Crippen LogP contribution < -0.4 is 10.2 Å². The van der Waals surface area contributed by atoms with Gasteiger partial charge in [0, 0.05) is 30.9 Å². The Morgan fingerprint density at radius 3 is 2.58 bits per heavy atom. The van der Waals surface area contributed by atoms with Gasteiger partial charge in [-0.3, -0.25) is 4.98 Å². The van der Waals surface area contributed by atoms with E-state index in [1.807, 2.05) is 27.0 Å². The van der Waals surface area contributed by atoms with E-state index in [2.05, 4.69) is 59.4 Å². The van der Waals surface area contributed by atoms with Gasteiger partial charge in [-0.25, -0.2) is 9.78 Å². The fourth-order valence-electron chi connectivity index (χ4n) is 4.66. The van der Waals surface area contributed by atoms with Crippen LogP contribution in [0.2, 0.25) is 0 Å².